The summed E-state index contributed by atoms with van der Waals surface area (Å²) in [7, 11) is -3.59. The van der Waals surface area contributed by atoms with Gasteiger partial charge in [0.25, 0.3) is 0 Å². The highest BCUT2D eigenvalue weighted by Crippen LogP contribution is 2.22. The van der Waals surface area contributed by atoms with E-state index in [2.05, 4.69) is 5.32 Å². The predicted octanol–water partition coefficient (Wildman–Crippen LogP) is 2.95. The molecule has 27 heavy (non-hydrogen) atoms. The summed E-state index contributed by atoms with van der Waals surface area (Å²) in [6.45, 7) is 4.00. The van der Waals surface area contributed by atoms with Crippen molar-refractivity contribution in [2.24, 2.45) is 0 Å². The Hall–Kier alpha value is -2.54. The maximum atomic E-state index is 12.1. The van der Waals surface area contributed by atoms with Gasteiger partial charge < -0.3 is 10.1 Å². The van der Waals surface area contributed by atoms with Gasteiger partial charge in [-0.05, 0) is 43.2 Å². The number of nitrogens with one attached hydrogen (secondary N) is 1. The standard InChI is InChI=1S/C20H26N2O4S/c1-4-16(2)21-20(23)14-22(27(3,24)25)18-10-12-19(13-11-18)26-15-17-8-6-5-7-9-17/h5-13,16H,4,14-15H2,1-3H3,(H,21,23)/t16-/m0/s1. The molecule has 0 saturated heterocycles. The predicted molar refractivity (Wildman–Crippen MR) is 107 cm³/mol. The van der Waals surface area contributed by atoms with Crippen LogP contribution in [0.4, 0.5) is 5.69 Å². The van der Waals surface area contributed by atoms with E-state index in [1.165, 1.54) is 0 Å². The second-order valence-corrected chi connectivity index (χ2v) is 8.32. The Balaban J connectivity index is 2.06. The van der Waals surface area contributed by atoms with E-state index >= 15 is 0 Å². The number of rotatable bonds is 9. The summed E-state index contributed by atoms with van der Waals surface area (Å²) < 4.78 is 31.1. The van der Waals surface area contributed by atoms with Gasteiger partial charge >= 0.3 is 0 Å². The zero-order chi connectivity index (χ0) is 19.9. The molecule has 146 valence electrons. The van der Waals surface area contributed by atoms with E-state index in [1.54, 1.807) is 24.3 Å². The van der Waals surface area contributed by atoms with Gasteiger partial charge in [0.1, 0.15) is 18.9 Å². The van der Waals surface area contributed by atoms with Crippen molar-refractivity contribution < 1.29 is 17.9 Å². The zero-order valence-electron chi connectivity index (χ0n) is 15.9. The zero-order valence-corrected chi connectivity index (χ0v) is 16.7. The van der Waals surface area contributed by atoms with Crippen LogP contribution in [0.2, 0.25) is 0 Å². The lowest BCUT2D eigenvalue weighted by Gasteiger charge is -2.23. The Morgan fingerprint density at radius 3 is 2.30 bits per heavy atom. The number of hydrogen-bond acceptors (Lipinski definition) is 4. The molecule has 0 aliphatic rings. The summed E-state index contributed by atoms with van der Waals surface area (Å²) in [6.07, 6.45) is 1.86. The molecule has 0 bridgehead atoms. The molecule has 0 heterocycles. The molecule has 0 fully saturated rings. The highest BCUT2D eigenvalue weighted by molar-refractivity contribution is 7.92. The molecule has 7 heteroatoms. The summed E-state index contributed by atoms with van der Waals surface area (Å²) in [5.41, 5.74) is 1.46. The number of benzene rings is 2. The maximum absolute atomic E-state index is 12.1. The van der Waals surface area contributed by atoms with Gasteiger partial charge in [0.15, 0.2) is 0 Å². The summed E-state index contributed by atoms with van der Waals surface area (Å²) >= 11 is 0. The Morgan fingerprint density at radius 2 is 1.74 bits per heavy atom. The minimum Gasteiger partial charge on any atom is -0.489 e. The number of carbonyl (C=O) groups excluding carboxylic acids is 1. The fourth-order valence-electron chi connectivity index (χ4n) is 2.40. The van der Waals surface area contributed by atoms with Crippen molar-refractivity contribution in [3.63, 3.8) is 0 Å². The van der Waals surface area contributed by atoms with Gasteiger partial charge in [-0.25, -0.2) is 8.42 Å². The number of ether oxygens (including phenoxy) is 1. The van der Waals surface area contributed by atoms with Crippen LogP contribution < -0.4 is 14.4 Å². The van der Waals surface area contributed by atoms with Crippen LogP contribution >= 0.6 is 0 Å². The largest absolute Gasteiger partial charge is 0.489 e. The van der Waals surface area contributed by atoms with Gasteiger partial charge in [0, 0.05) is 6.04 Å². The molecule has 0 saturated carbocycles. The molecule has 2 aromatic carbocycles. The summed E-state index contributed by atoms with van der Waals surface area (Å²) in [5, 5.41) is 2.78. The first-order valence-electron chi connectivity index (χ1n) is 8.83. The fourth-order valence-corrected chi connectivity index (χ4v) is 3.26. The fraction of sp³-hybridized carbons (Fsp3) is 0.350. The van der Waals surface area contributed by atoms with Gasteiger partial charge in [-0.2, -0.15) is 0 Å². The van der Waals surface area contributed by atoms with Gasteiger partial charge in [-0.3, -0.25) is 9.10 Å². The van der Waals surface area contributed by atoms with Crippen LogP contribution in [0, 0.1) is 0 Å². The lowest BCUT2D eigenvalue weighted by molar-refractivity contribution is -0.120. The second kappa shape index (κ2) is 9.41. The first-order chi connectivity index (χ1) is 12.8. The van der Waals surface area contributed by atoms with Crippen LogP contribution in [0.1, 0.15) is 25.8 Å². The van der Waals surface area contributed by atoms with Crippen molar-refractivity contribution >= 4 is 21.6 Å². The Kier molecular flexibility index (Phi) is 7.24. The summed E-state index contributed by atoms with van der Waals surface area (Å²) in [4.78, 5) is 12.1. The number of amides is 1. The van der Waals surface area contributed by atoms with E-state index in [0.29, 0.717) is 18.0 Å². The number of carbonyl (C=O) groups is 1. The molecule has 0 aromatic heterocycles. The highest BCUT2D eigenvalue weighted by Gasteiger charge is 2.21. The molecule has 0 unspecified atom stereocenters. The van der Waals surface area contributed by atoms with E-state index in [1.807, 2.05) is 44.2 Å². The SMILES string of the molecule is CC[C@H](C)NC(=O)CN(c1ccc(OCc2ccccc2)cc1)S(C)(=O)=O. The van der Waals surface area contributed by atoms with Crippen LogP contribution in [-0.2, 0) is 21.4 Å². The van der Waals surface area contributed by atoms with Crippen molar-refractivity contribution in [3.05, 3.63) is 60.2 Å². The Labute approximate surface area is 161 Å². The molecular weight excluding hydrogens is 364 g/mol. The molecule has 0 spiro atoms. The third kappa shape index (κ3) is 6.60. The normalized spacial score (nSPS) is 12.3. The Morgan fingerprint density at radius 1 is 1.11 bits per heavy atom. The van der Waals surface area contributed by atoms with Crippen molar-refractivity contribution in [3.8, 4) is 5.75 Å². The first kappa shape index (κ1) is 20.8. The van der Waals surface area contributed by atoms with E-state index < -0.39 is 10.0 Å². The van der Waals surface area contributed by atoms with E-state index in [-0.39, 0.29) is 18.5 Å². The average Bonchev–Trinajstić information content (AvgIpc) is 2.65. The van der Waals surface area contributed by atoms with Gasteiger partial charge in [-0.1, -0.05) is 37.3 Å². The highest BCUT2D eigenvalue weighted by atomic mass is 32.2. The van der Waals surface area contributed by atoms with Crippen LogP contribution in [0.3, 0.4) is 0 Å². The number of anilines is 1. The third-order valence-corrected chi connectivity index (χ3v) is 5.22. The first-order valence-corrected chi connectivity index (χ1v) is 10.7. The van der Waals surface area contributed by atoms with E-state index in [0.717, 1.165) is 22.5 Å². The van der Waals surface area contributed by atoms with Crippen LogP contribution in [0.15, 0.2) is 54.6 Å². The number of sulfonamides is 1. The van der Waals surface area contributed by atoms with Crippen molar-refractivity contribution in [2.45, 2.75) is 32.9 Å². The molecule has 1 N–H and O–H groups in total. The van der Waals surface area contributed by atoms with Crippen molar-refractivity contribution in [1.82, 2.24) is 5.32 Å². The van der Waals surface area contributed by atoms with E-state index in [9.17, 15) is 13.2 Å². The molecular formula is C20H26N2O4S. The lowest BCUT2D eigenvalue weighted by Crippen LogP contribution is -2.43. The minimum absolute atomic E-state index is 0.00678. The second-order valence-electron chi connectivity index (χ2n) is 6.41. The van der Waals surface area contributed by atoms with Crippen molar-refractivity contribution in [1.29, 1.82) is 0 Å². The Bertz CT molecular complexity index is 836. The molecule has 0 aliphatic heterocycles. The van der Waals surface area contributed by atoms with Gasteiger partial charge in [0.05, 0.1) is 11.9 Å². The number of nitrogens with zero attached hydrogens (tertiary/aromatic N) is 1. The molecule has 0 radical (unpaired) electrons. The molecule has 2 aromatic rings. The molecule has 6 nitrogen and oxygen atoms in total. The lowest BCUT2D eigenvalue weighted by atomic mass is 10.2. The van der Waals surface area contributed by atoms with Crippen LogP contribution in [0.5, 0.6) is 5.75 Å². The van der Waals surface area contributed by atoms with Crippen LogP contribution in [0.25, 0.3) is 0 Å². The summed E-state index contributed by atoms with van der Waals surface area (Å²) in [5.74, 6) is 0.291. The molecule has 0 aliphatic carbocycles. The topological polar surface area (TPSA) is 75.7 Å². The van der Waals surface area contributed by atoms with Crippen molar-refractivity contribution in [2.75, 3.05) is 17.1 Å². The third-order valence-electron chi connectivity index (χ3n) is 4.08. The molecule has 1 amide bonds. The van der Waals surface area contributed by atoms with Gasteiger partial charge in [-0.15, -0.1) is 0 Å². The number of hydrogen-bond donors (Lipinski definition) is 1. The monoisotopic (exact) mass is 390 g/mol. The smallest absolute Gasteiger partial charge is 0.240 e. The molecule has 2 rings (SSSR count). The average molecular weight is 391 g/mol. The molecule has 1 atom stereocenters. The van der Waals surface area contributed by atoms with Crippen LogP contribution in [-0.4, -0.2) is 33.2 Å². The maximum Gasteiger partial charge on any atom is 0.240 e. The minimum atomic E-state index is -3.59. The quantitative estimate of drug-likeness (QED) is 0.714. The summed E-state index contributed by atoms with van der Waals surface area (Å²) in [6, 6.07) is 16.4. The van der Waals surface area contributed by atoms with E-state index in [4.69, 9.17) is 4.74 Å². The van der Waals surface area contributed by atoms with Gasteiger partial charge in [0.2, 0.25) is 15.9 Å².